The molecule has 3 N–H and O–H groups in total. The number of nitrogens with one attached hydrogen (secondary N) is 1. The van der Waals surface area contributed by atoms with Crippen LogP contribution in [0.4, 0.5) is 0 Å². The Labute approximate surface area is 133 Å². The van der Waals surface area contributed by atoms with E-state index >= 15 is 0 Å². The normalized spacial score (nSPS) is 16.0. The molecule has 21 heavy (non-hydrogen) atoms. The van der Waals surface area contributed by atoms with Crippen LogP contribution < -0.4 is 5.32 Å². The Balaban J connectivity index is 3.94. The van der Waals surface area contributed by atoms with Gasteiger partial charge in [0.25, 0.3) is 0 Å². The third-order valence-corrected chi connectivity index (χ3v) is 9.30. The SMILES string of the molecule is CC(O)C(NCCO)OCCC[Si](C)(C)CC[Si](C)(C)C. The zero-order valence-corrected chi connectivity index (χ0v) is 16.9. The van der Waals surface area contributed by atoms with Crippen LogP contribution in [0.1, 0.15) is 13.3 Å². The molecule has 0 aromatic heterocycles. The van der Waals surface area contributed by atoms with Gasteiger partial charge >= 0.3 is 0 Å². The van der Waals surface area contributed by atoms with E-state index in [9.17, 15) is 5.11 Å². The van der Waals surface area contributed by atoms with E-state index in [0.29, 0.717) is 13.2 Å². The second kappa shape index (κ2) is 10.1. The average molecular weight is 336 g/mol. The Hall–Kier alpha value is 0.274. The summed E-state index contributed by atoms with van der Waals surface area (Å²) in [6, 6.07) is 4.14. The lowest BCUT2D eigenvalue weighted by Crippen LogP contribution is -2.42. The maximum absolute atomic E-state index is 9.62. The van der Waals surface area contributed by atoms with Crippen LogP contribution in [0, 0.1) is 0 Å². The van der Waals surface area contributed by atoms with Gasteiger partial charge in [0.15, 0.2) is 0 Å². The van der Waals surface area contributed by atoms with Gasteiger partial charge in [-0.2, -0.15) is 0 Å². The van der Waals surface area contributed by atoms with Crippen LogP contribution in [0.3, 0.4) is 0 Å². The van der Waals surface area contributed by atoms with E-state index < -0.39 is 22.3 Å². The lowest BCUT2D eigenvalue weighted by Gasteiger charge is -2.27. The molecule has 0 aliphatic carbocycles. The molecule has 0 bridgehead atoms. The highest BCUT2D eigenvalue weighted by Gasteiger charge is 2.24. The largest absolute Gasteiger partial charge is 0.395 e. The van der Waals surface area contributed by atoms with E-state index in [1.165, 1.54) is 18.1 Å². The fourth-order valence-corrected chi connectivity index (χ4v) is 9.23. The molecule has 0 radical (unpaired) electrons. The van der Waals surface area contributed by atoms with Gasteiger partial charge in [0.05, 0.1) is 12.7 Å². The Bertz CT molecular complexity index is 268. The minimum Gasteiger partial charge on any atom is -0.395 e. The predicted molar refractivity (Wildman–Crippen MR) is 96.4 cm³/mol. The average Bonchev–Trinajstić information content (AvgIpc) is 2.34. The lowest BCUT2D eigenvalue weighted by atomic mass is 10.3. The molecule has 6 heteroatoms. The van der Waals surface area contributed by atoms with Gasteiger partial charge in [0.2, 0.25) is 0 Å². The first-order chi connectivity index (χ1) is 9.57. The first-order valence-corrected chi connectivity index (χ1v) is 15.3. The van der Waals surface area contributed by atoms with Crippen LogP contribution in [0.2, 0.25) is 50.9 Å². The Morgan fingerprint density at radius 2 is 1.67 bits per heavy atom. The molecular formula is C15H37NO3Si2. The third-order valence-electron chi connectivity index (χ3n) is 3.74. The number of hydrogen-bond donors (Lipinski definition) is 3. The Morgan fingerprint density at radius 3 is 2.14 bits per heavy atom. The van der Waals surface area contributed by atoms with Crippen molar-refractivity contribution in [2.45, 2.75) is 76.5 Å². The molecule has 0 fully saturated rings. The van der Waals surface area contributed by atoms with Crippen molar-refractivity contribution in [2.24, 2.45) is 0 Å². The van der Waals surface area contributed by atoms with Crippen molar-refractivity contribution < 1.29 is 14.9 Å². The number of aliphatic hydroxyl groups is 2. The van der Waals surface area contributed by atoms with E-state index in [4.69, 9.17) is 9.84 Å². The number of aliphatic hydroxyl groups excluding tert-OH is 2. The highest BCUT2D eigenvalue weighted by molar-refractivity contribution is 6.82. The van der Waals surface area contributed by atoms with Gasteiger partial charge < -0.3 is 14.9 Å². The topological polar surface area (TPSA) is 61.7 Å². The van der Waals surface area contributed by atoms with Crippen molar-refractivity contribution >= 4 is 16.1 Å². The number of rotatable bonds is 12. The van der Waals surface area contributed by atoms with Gasteiger partial charge in [-0.3, -0.25) is 5.32 Å². The fourth-order valence-electron chi connectivity index (χ4n) is 2.17. The molecule has 0 saturated carbocycles. The minimum atomic E-state index is -1.11. The lowest BCUT2D eigenvalue weighted by molar-refractivity contribution is -0.0494. The Kier molecular flexibility index (Phi) is 10.3. The predicted octanol–water partition coefficient (Wildman–Crippen LogP) is 2.73. The molecule has 0 aliphatic rings. The highest BCUT2D eigenvalue weighted by atomic mass is 28.3. The molecule has 0 amide bonds. The van der Waals surface area contributed by atoms with Crippen LogP contribution in [0.5, 0.6) is 0 Å². The van der Waals surface area contributed by atoms with Gasteiger partial charge in [-0.15, -0.1) is 0 Å². The summed E-state index contributed by atoms with van der Waals surface area (Å²) >= 11 is 0. The van der Waals surface area contributed by atoms with Crippen molar-refractivity contribution in [1.29, 1.82) is 0 Å². The summed E-state index contributed by atoms with van der Waals surface area (Å²) in [5, 5.41) is 21.4. The second-order valence-corrected chi connectivity index (χ2v) is 19.0. The molecule has 2 unspecified atom stereocenters. The molecule has 128 valence electrons. The zero-order chi connectivity index (χ0) is 16.5. The summed E-state index contributed by atoms with van der Waals surface area (Å²) in [7, 11) is -2.03. The quantitative estimate of drug-likeness (QED) is 0.291. The molecule has 0 saturated heterocycles. The second-order valence-electron chi connectivity index (χ2n) is 8.04. The molecule has 2 atom stereocenters. The first-order valence-electron chi connectivity index (χ1n) is 8.21. The van der Waals surface area contributed by atoms with Crippen LogP contribution in [0.25, 0.3) is 0 Å². The smallest absolute Gasteiger partial charge is 0.134 e. The number of hydrogen-bond acceptors (Lipinski definition) is 4. The van der Waals surface area contributed by atoms with Crippen LogP contribution in [-0.4, -0.2) is 58.5 Å². The zero-order valence-electron chi connectivity index (χ0n) is 14.9. The van der Waals surface area contributed by atoms with Crippen molar-refractivity contribution in [3.05, 3.63) is 0 Å². The van der Waals surface area contributed by atoms with E-state index in [-0.39, 0.29) is 12.8 Å². The molecular weight excluding hydrogens is 298 g/mol. The van der Waals surface area contributed by atoms with Crippen molar-refractivity contribution in [3.63, 3.8) is 0 Å². The number of ether oxygens (including phenoxy) is 1. The van der Waals surface area contributed by atoms with Crippen LogP contribution in [0.15, 0.2) is 0 Å². The molecule has 0 aromatic rings. The summed E-state index contributed by atoms with van der Waals surface area (Å²) in [6.45, 7) is 15.2. The standard InChI is InChI=1S/C15H37NO3Si2/c1-14(18)15(16-8-9-17)19-10-7-11-21(5,6)13-12-20(2,3)4/h14-18H,7-13H2,1-6H3. The first kappa shape index (κ1) is 21.3. The van der Waals surface area contributed by atoms with E-state index in [1.807, 2.05) is 0 Å². The monoisotopic (exact) mass is 335 g/mol. The molecule has 4 nitrogen and oxygen atoms in total. The fraction of sp³-hybridized carbons (Fsp3) is 1.00. The van der Waals surface area contributed by atoms with Crippen molar-refractivity contribution in [3.8, 4) is 0 Å². The maximum Gasteiger partial charge on any atom is 0.134 e. The van der Waals surface area contributed by atoms with Gasteiger partial charge in [-0.25, -0.2) is 0 Å². The molecule has 0 spiro atoms. The highest BCUT2D eigenvalue weighted by Crippen LogP contribution is 2.24. The Morgan fingerprint density at radius 1 is 1.05 bits per heavy atom. The molecule has 0 heterocycles. The summed E-state index contributed by atoms with van der Waals surface area (Å²) in [5.74, 6) is 0. The van der Waals surface area contributed by atoms with E-state index in [2.05, 4.69) is 38.1 Å². The maximum atomic E-state index is 9.62. The van der Waals surface area contributed by atoms with Crippen LogP contribution >= 0.6 is 0 Å². The summed E-state index contributed by atoms with van der Waals surface area (Å²) in [6.07, 6.45) is 0.132. The van der Waals surface area contributed by atoms with E-state index in [0.717, 1.165) is 6.42 Å². The summed E-state index contributed by atoms with van der Waals surface area (Å²) < 4.78 is 5.71. The van der Waals surface area contributed by atoms with Gasteiger partial charge in [0.1, 0.15) is 6.23 Å². The minimum absolute atomic E-state index is 0.0587. The molecule has 0 rings (SSSR count). The third kappa shape index (κ3) is 12.5. The summed E-state index contributed by atoms with van der Waals surface area (Å²) in [4.78, 5) is 0. The van der Waals surface area contributed by atoms with E-state index in [1.54, 1.807) is 6.92 Å². The van der Waals surface area contributed by atoms with Gasteiger partial charge in [-0.05, 0) is 13.3 Å². The summed E-state index contributed by atoms with van der Waals surface area (Å²) in [5.41, 5.74) is 0. The van der Waals surface area contributed by atoms with Gasteiger partial charge in [-0.1, -0.05) is 50.9 Å². The van der Waals surface area contributed by atoms with Crippen LogP contribution in [-0.2, 0) is 4.74 Å². The molecule has 0 aliphatic heterocycles. The van der Waals surface area contributed by atoms with Crippen molar-refractivity contribution in [2.75, 3.05) is 19.8 Å². The molecule has 0 aromatic carbocycles. The van der Waals surface area contributed by atoms with Crippen molar-refractivity contribution in [1.82, 2.24) is 5.32 Å². The van der Waals surface area contributed by atoms with Gasteiger partial charge in [0, 0.05) is 29.3 Å².